The van der Waals surface area contributed by atoms with Crippen LogP contribution in [0.2, 0.25) is 0 Å². The maximum Gasteiger partial charge on any atom is 0.220 e. The largest absolute Gasteiger partial charge is 0.394 e. The first kappa shape index (κ1) is 86.7. The van der Waals surface area contributed by atoms with Crippen molar-refractivity contribution in [2.24, 2.45) is 0 Å². The molecule has 2 rings (SSSR count). The normalized spacial score (nSPS) is 23.3. The fourth-order valence-corrected chi connectivity index (χ4v) is 11.1. The molecule has 540 valence electrons. The second-order valence-electron chi connectivity index (χ2n) is 25.3. The van der Waals surface area contributed by atoms with Crippen LogP contribution >= 0.6 is 0 Å². The van der Waals surface area contributed by atoms with E-state index in [9.17, 15) is 45.6 Å². The maximum absolute atomic E-state index is 13.3. The lowest BCUT2D eigenvalue weighted by molar-refractivity contribution is -0.359. The van der Waals surface area contributed by atoms with Gasteiger partial charge in [-0.1, -0.05) is 281 Å². The average Bonchev–Trinajstić information content (AvgIpc) is 0.801. The summed E-state index contributed by atoms with van der Waals surface area (Å²) in [6.45, 7) is 2.66. The van der Waals surface area contributed by atoms with Crippen LogP contribution in [0.4, 0.5) is 0 Å². The summed E-state index contributed by atoms with van der Waals surface area (Å²) in [5.41, 5.74) is 0. The van der Waals surface area contributed by atoms with Gasteiger partial charge in [0.05, 0.1) is 32.0 Å². The van der Waals surface area contributed by atoms with E-state index in [1.165, 1.54) is 96.3 Å². The van der Waals surface area contributed by atoms with Crippen LogP contribution in [-0.4, -0.2) is 140 Å². The summed E-state index contributed by atoms with van der Waals surface area (Å²) >= 11 is 0. The molecule has 14 nitrogen and oxygen atoms in total. The summed E-state index contributed by atoms with van der Waals surface area (Å²) in [5.74, 6) is -0.267. The van der Waals surface area contributed by atoms with Gasteiger partial charge in [-0.05, 0) is 122 Å². The Hall–Kier alpha value is -4.39. The summed E-state index contributed by atoms with van der Waals surface area (Å²) in [7, 11) is 0. The van der Waals surface area contributed by atoms with Gasteiger partial charge in [0.25, 0.3) is 0 Å². The SMILES string of the molecule is CC/C=C\C/C=C\C/C=C\C/C=C\C/C=C\C/C=C\C/C=C\C/C=C\C/C=C\C/C=C\CCCCCCCCCCC(=O)NC(COC1OC(CO)C(OC2OC(CO)C(O)C(O)C2O)C(O)C1O)C(O)/C=C/CC/C=C/CC/C=C/CCCCCCCCCCCCCC. The molecule has 0 aromatic carbocycles. The third-order valence-electron chi connectivity index (χ3n) is 16.9. The fraction of sp³-hybridized carbons (Fsp3) is 0.667. The van der Waals surface area contributed by atoms with E-state index in [2.05, 4.69) is 165 Å². The highest BCUT2D eigenvalue weighted by molar-refractivity contribution is 5.76. The number of carbonyl (C=O) groups excluding carboxylic acids is 1. The molecule has 1 amide bonds. The van der Waals surface area contributed by atoms with Gasteiger partial charge in [0.1, 0.15) is 48.8 Å². The number of allylic oxidation sites excluding steroid dienone is 25. The second-order valence-corrected chi connectivity index (χ2v) is 25.3. The zero-order valence-electron chi connectivity index (χ0n) is 58.8. The molecule has 0 spiro atoms. The van der Waals surface area contributed by atoms with Crippen LogP contribution in [0.25, 0.3) is 0 Å². The van der Waals surface area contributed by atoms with Gasteiger partial charge in [-0.25, -0.2) is 0 Å². The molecule has 2 aliphatic heterocycles. The number of aliphatic hydroxyl groups is 8. The Morgan fingerprint density at radius 3 is 1.16 bits per heavy atom. The van der Waals surface area contributed by atoms with E-state index in [1.54, 1.807) is 6.08 Å². The molecule has 12 unspecified atom stereocenters. The fourth-order valence-electron chi connectivity index (χ4n) is 11.1. The summed E-state index contributed by atoms with van der Waals surface area (Å²) in [5, 5.41) is 87.5. The molecule has 12 atom stereocenters. The number of rotatable bonds is 59. The van der Waals surface area contributed by atoms with Gasteiger partial charge in [-0.3, -0.25) is 4.79 Å². The van der Waals surface area contributed by atoms with Crippen molar-refractivity contribution in [2.75, 3.05) is 19.8 Å². The van der Waals surface area contributed by atoms with Crippen molar-refractivity contribution >= 4 is 5.91 Å². The van der Waals surface area contributed by atoms with Crippen molar-refractivity contribution in [3.05, 3.63) is 158 Å². The zero-order valence-corrected chi connectivity index (χ0v) is 58.8. The van der Waals surface area contributed by atoms with E-state index >= 15 is 0 Å². The van der Waals surface area contributed by atoms with Gasteiger partial charge in [0.15, 0.2) is 12.6 Å². The average molecular weight is 1330 g/mol. The first-order valence-corrected chi connectivity index (χ1v) is 37.2. The van der Waals surface area contributed by atoms with Crippen LogP contribution in [0, 0.1) is 0 Å². The van der Waals surface area contributed by atoms with Crippen LogP contribution in [0.1, 0.15) is 251 Å². The second kappa shape index (κ2) is 63.1. The van der Waals surface area contributed by atoms with Crippen molar-refractivity contribution in [1.82, 2.24) is 5.32 Å². The summed E-state index contributed by atoms with van der Waals surface area (Å²) in [4.78, 5) is 13.3. The molecule has 0 aromatic rings. The molecule has 2 saturated heterocycles. The van der Waals surface area contributed by atoms with Gasteiger partial charge < -0.3 is 65.1 Å². The van der Waals surface area contributed by atoms with Gasteiger partial charge in [0, 0.05) is 6.42 Å². The van der Waals surface area contributed by atoms with Gasteiger partial charge in [0.2, 0.25) is 5.91 Å². The predicted octanol–water partition coefficient (Wildman–Crippen LogP) is 16.2. The van der Waals surface area contributed by atoms with Crippen molar-refractivity contribution in [3.8, 4) is 0 Å². The monoisotopic (exact) mass is 1330 g/mol. The molecule has 0 bridgehead atoms. The molecule has 2 fully saturated rings. The molecule has 2 aliphatic rings. The van der Waals surface area contributed by atoms with Crippen LogP contribution in [-0.2, 0) is 23.7 Å². The van der Waals surface area contributed by atoms with Crippen LogP contribution in [0.3, 0.4) is 0 Å². The molecule has 0 aromatic heterocycles. The van der Waals surface area contributed by atoms with Crippen LogP contribution in [0.5, 0.6) is 0 Å². The van der Waals surface area contributed by atoms with Gasteiger partial charge in [-0.15, -0.1) is 0 Å². The maximum atomic E-state index is 13.3. The van der Waals surface area contributed by atoms with Crippen molar-refractivity contribution in [3.63, 3.8) is 0 Å². The summed E-state index contributed by atoms with van der Waals surface area (Å²) < 4.78 is 22.8. The first-order valence-electron chi connectivity index (χ1n) is 37.2. The Kier molecular flexibility index (Phi) is 57.6. The number of aliphatic hydroxyl groups excluding tert-OH is 8. The highest BCUT2D eigenvalue weighted by Gasteiger charge is 2.51. The Morgan fingerprint density at radius 1 is 0.389 bits per heavy atom. The predicted molar refractivity (Wildman–Crippen MR) is 391 cm³/mol. The highest BCUT2D eigenvalue weighted by Crippen LogP contribution is 2.30. The van der Waals surface area contributed by atoms with E-state index in [-0.39, 0.29) is 18.9 Å². The summed E-state index contributed by atoms with van der Waals surface area (Å²) in [6.07, 6.45) is 80.1. The molecule has 0 saturated carbocycles. The Labute approximate surface area is 575 Å². The number of hydrogen-bond donors (Lipinski definition) is 9. The third-order valence-corrected chi connectivity index (χ3v) is 16.9. The lowest BCUT2D eigenvalue weighted by atomic mass is 9.97. The molecular weight excluding hydrogens is 1190 g/mol. The number of carbonyl (C=O) groups is 1. The van der Waals surface area contributed by atoms with E-state index < -0.39 is 86.8 Å². The highest BCUT2D eigenvalue weighted by atomic mass is 16.7. The standard InChI is InChI=1S/C81H133NO13/c1-3-5-7-9-11-13-15-17-19-21-23-25-27-28-29-30-31-32-33-34-35-36-37-38-39-40-41-42-43-45-47-49-51-53-55-57-59-61-63-65-73(86)82-69(68-92-80-78(91)76(89)79(72(67-84)94-80)95-81-77(90)75(88)74(87)71(66-83)93-81)70(85)64-62-60-58-56-54-52-50-48-46-44-26-24-22-20-18-16-14-12-10-8-6-4-2/h5,7,11,13,17,19,23,25,28-29,31-32,34-35,37-38,40-41,43,45-46,48,54,56,62,64,69-72,74-81,83-85,87-91H,3-4,6,8-10,12,14-16,18,20-22,24,26-27,30,33,36,39,42,44,47,49-53,55,57-61,63,65-68H2,1-2H3,(H,82,86)/b7-5-,13-11-,19-17-,25-23-,29-28-,32-31-,35-34-,38-37-,41-40-,45-43-,48-46+,56-54+,64-62+. The van der Waals surface area contributed by atoms with Crippen LogP contribution < -0.4 is 5.32 Å². The molecule has 9 N–H and O–H groups in total. The minimum atomic E-state index is -1.80. The minimum absolute atomic E-state index is 0.250. The van der Waals surface area contributed by atoms with E-state index in [0.717, 1.165) is 122 Å². The Bertz CT molecular complexity index is 2210. The molecule has 0 radical (unpaired) electrons. The van der Waals surface area contributed by atoms with Crippen molar-refractivity contribution in [2.45, 2.75) is 325 Å². The van der Waals surface area contributed by atoms with E-state index in [0.29, 0.717) is 12.8 Å². The Morgan fingerprint density at radius 2 is 0.737 bits per heavy atom. The molecular formula is C81H133NO13. The molecule has 0 aliphatic carbocycles. The molecule has 95 heavy (non-hydrogen) atoms. The smallest absolute Gasteiger partial charge is 0.220 e. The number of unbranched alkanes of at least 4 members (excludes halogenated alkanes) is 22. The quantitative estimate of drug-likeness (QED) is 0.0204. The number of ether oxygens (including phenoxy) is 4. The number of hydrogen-bond acceptors (Lipinski definition) is 13. The topological polar surface area (TPSA) is 228 Å². The summed E-state index contributed by atoms with van der Waals surface area (Å²) in [6, 6.07) is -0.956. The van der Waals surface area contributed by atoms with E-state index in [1.807, 2.05) is 6.08 Å². The zero-order chi connectivity index (χ0) is 68.7. The van der Waals surface area contributed by atoms with Crippen LogP contribution in [0.15, 0.2) is 158 Å². The third kappa shape index (κ3) is 46.5. The first-order chi connectivity index (χ1) is 46.6. The molecule has 2 heterocycles. The van der Waals surface area contributed by atoms with Crippen molar-refractivity contribution < 1.29 is 64.6 Å². The Balaban J connectivity index is 1.67. The van der Waals surface area contributed by atoms with Gasteiger partial charge >= 0.3 is 0 Å². The lowest BCUT2D eigenvalue weighted by Gasteiger charge is -2.46. The number of nitrogens with one attached hydrogen (secondary N) is 1. The van der Waals surface area contributed by atoms with E-state index in [4.69, 9.17) is 18.9 Å². The molecule has 14 heteroatoms. The lowest BCUT2D eigenvalue weighted by Crippen LogP contribution is -2.65. The number of amides is 1. The minimum Gasteiger partial charge on any atom is -0.394 e. The van der Waals surface area contributed by atoms with Crippen molar-refractivity contribution in [1.29, 1.82) is 0 Å². The van der Waals surface area contributed by atoms with Gasteiger partial charge in [-0.2, -0.15) is 0 Å².